The zero-order valence-corrected chi connectivity index (χ0v) is 20.6. The molecule has 1 aliphatic carbocycles. The molecule has 1 aliphatic rings. The van der Waals surface area contributed by atoms with Crippen molar-refractivity contribution < 1.29 is 29.0 Å². The average Bonchev–Trinajstić information content (AvgIpc) is 2.86. The van der Waals surface area contributed by atoms with Crippen LogP contribution in [-0.2, 0) is 37.1 Å². The van der Waals surface area contributed by atoms with Crippen LogP contribution in [0.2, 0.25) is 5.02 Å². The molecule has 1 saturated carbocycles. The quantitative estimate of drug-likeness (QED) is 0.363. The van der Waals surface area contributed by atoms with Gasteiger partial charge in [0, 0.05) is 17.4 Å². The molecule has 4 atom stereocenters. The number of esters is 2. The van der Waals surface area contributed by atoms with Crippen molar-refractivity contribution in [3.63, 3.8) is 0 Å². The predicted molar refractivity (Wildman–Crippen MR) is 134 cm³/mol. The number of rotatable bonds is 7. The molecule has 7 heteroatoms. The van der Waals surface area contributed by atoms with Gasteiger partial charge in [0.25, 0.3) is 0 Å². The van der Waals surface area contributed by atoms with Crippen molar-refractivity contribution in [2.24, 2.45) is 11.8 Å². The molecule has 0 aromatic heterocycles. The van der Waals surface area contributed by atoms with Crippen LogP contribution < -0.4 is 0 Å². The van der Waals surface area contributed by atoms with Crippen LogP contribution in [0.25, 0.3) is 0 Å². The van der Waals surface area contributed by atoms with Crippen molar-refractivity contribution in [1.82, 2.24) is 0 Å². The Morgan fingerprint density at radius 3 is 1.89 bits per heavy atom. The van der Waals surface area contributed by atoms with Crippen LogP contribution >= 0.6 is 11.6 Å². The molecule has 0 saturated heterocycles. The maximum Gasteiger partial charge on any atom is 0.317 e. The molecule has 0 aliphatic heterocycles. The van der Waals surface area contributed by atoms with E-state index in [4.69, 9.17) is 21.1 Å². The van der Waals surface area contributed by atoms with Gasteiger partial charge in [-0.3, -0.25) is 14.4 Å². The van der Waals surface area contributed by atoms with Gasteiger partial charge < -0.3 is 14.6 Å². The lowest BCUT2D eigenvalue weighted by Crippen LogP contribution is -2.55. The van der Waals surface area contributed by atoms with Gasteiger partial charge in [-0.25, -0.2) is 0 Å². The van der Waals surface area contributed by atoms with E-state index in [1.54, 1.807) is 36.4 Å². The fraction of sp³-hybridized carbons (Fsp3) is 0.276. The molecule has 1 N–H and O–H groups in total. The Morgan fingerprint density at radius 1 is 0.861 bits per heavy atom. The molecule has 36 heavy (non-hydrogen) atoms. The molecular weight excluding hydrogens is 480 g/mol. The molecule has 6 nitrogen and oxygen atoms in total. The summed E-state index contributed by atoms with van der Waals surface area (Å²) in [6.07, 6.45) is -0.382. The molecule has 1 fully saturated rings. The Labute approximate surface area is 214 Å². The second-order valence-electron chi connectivity index (χ2n) is 9.22. The molecule has 4 rings (SSSR count). The summed E-state index contributed by atoms with van der Waals surface area (Å²) < 4.78 is 11.1. The number of benzene rings is 3. The fourth-order valence-corrected chi connectivity index (χ4v) is 4.86. The summed E-state index contributed by atoms with van der Waals surface area (Å²) >= 11 is 6.07. The highest BCUT2D eigenvalue weighted by Gasteiger charge is 2.57. The first-order chi connectivity index (χ1) is 17.3. The Balaban J connectivity index is 1.66. The Hall–Kier alpha value is -3.48. The SMILES string of the molecule is C[C@]1(O)CC(=O)[C@H](C(=O)OCc2ccccc2)[C@@H](c2ccc(Cl)cc2)[C@@H]1C(=O)OCc1ccccc1. The van der Waals surface area contributed by atoms with E-state index in [2.05, 4.69) is 0 Å². The molecule has 186 valence electrons. The lowest BCUT2D eigenvalue weighted by molar-refractivity contribution is -0.174. The molecule has 0 heterocycles. The summed E-state index contributed by atoms with van der Waals surface area (Å²) in [6.45, 7) is 1.40. The third kappa shape index (κ3) is 5.83. The van der Waals surface area contributed by atoms with Crippen molar-refractivity contribution in [2.45, 2.75) is 38.1 Å². The van der Waals surface area contributed by atoms with Crippen LogP contribution in [0.4, 0.5) is 0 Å². The number of hydrogen-bond acceptors (Lipinski definition) is 6. The van der Waals surface area contributed by atoms with Crippen molar-refractivity contribution in [1.29, 1.82) is 0 Å². The average molecular weight is 507 g/mol. The molecular formula is C29H27ClO6. The molecule has 3 aromatic rings. The van der Waals surface area contributed by atoms with Crippen LogP contribution in [0.1, 0.15) is 36.0 Å². The summed E-state index contributed by atoms with van der Waals surface area (Å²) in [5.74, 6) is -5.41. The minimum atomic E-state index is -1.73. The number of carbonyl (C=O) groups is 3. The van der Waals surface area contributed by atoms with Gasteiger partial charge in [0.05, 0.1) is 11.5 Å². The van der Waals surface area contributed by atoms with E-state index >= 15 is 0 Å². The molecule has 0 unspecified atom stereocenters. The topological polar surface area (TPSA) is 89.9 Å². The summed E-state index contributed by atoms with van der Waals surface area (Å²) in [7, 11) is 0. The van der Waals surface area contributed by atoms with Gasteiger partial charge in [0.1, 0.15) is 19.1 Å². The van der Waals surface area contributed by atoms with E-state index < -0.39 is 41.1 Å². The number of ketones is 1. The van der Waals surface area contributed by atoms with Gasteiger partial charge >= 0.3 is 11.9 Å². The largest absolute Gasteiger partial charge is 0.461 e. The van der Waals surface area contributed by atoms with Gasteiger partial charge in [-0.15, -0.1) is 0 Å². The standard InChI is InChI=1S/C29H27ClO6/c1-29(34)16-23(31)25(27(32)35-17-19-8-4-2-5-9-19)24(21-12-14-22(30)15-13-21)26(29)28(33)36-18-20-10-6-3-7-11-20/h2-15,24-26,34H,16-18H2,1H3/t24-,25+,26-,29+/m1/s1. The van der Waals surface area contributed by atoms with Gasteiger partial charge in [-0.1, -0.05) is 84.4 Å². The van der Waals surface area contributed by atoms with E-state index in [0.717, 1.165) is 11.1 Å². The highest BCUT2D eigenvalue weighted by atomic mass is 35.5. The zero-order valence-electron chi connectivity index (χ0n) is 19.8. The third-order valence-electron chi connectivity index (χ3n) is 6.48. The van der Waals surface area contributed by atoms with Gasteiger partial charge in [0.2, 0.25) is 0 Å². The van der Waals surface area contributed by atoms with Crippen molar-refractivity contribution in [3.8, 4) is 0 Å². The fourth-order valence-electron chi connectivity index (χ4n) is 4.74. The number of aliphatic hydroxyl groups is 1. The minimum Gasteiger partial charge on any atom is -0.461 e. The summed E-state index contributed by atoms with van der Waals surface area (Å²) in [6, 6.07) is 24.8. The van der Waals surface area contributed by atoms with E-state index in [9.17, 15) is 19.5 Å². The first-order valence-corrected chi connectivity index (χ1v) is 12.1. The van der Waals surface area contributed by atoms with Gasteiger partial charge in [-0.05, 0) is 35.7 Å². The van der Waals surface area contributed by atoms with Gasteiger partial charge in [0.15, 0.2) is 5.78 Å². The highest BCUT2D eigenvalue weighted by molar-refractivity contribution is 6.30. The zero-order chi connectivity index (χ0) is 25.7. The first kappa shape index (κ1) is 25.6. The van der Waals surface area contributed by atoms with Crippen molar-refractivity contribution >= 4 is 29.3 Å². The Bertz CT molecular complexity index is 1210. The number of hydrogen-bond donors (Lipinski definition) is 1. The van der Waals surface area contributed by atoms with Crippen LogP contribution in [0.3, 0.4) is 0 Å². The van der Waals surface area contributed by atoms with Crippen LogP contribution in [0.15, 0.2) is 84.9 Å². The minimum absolute atomic E-state index is 0.00332. The third-order valence-corrected chi connectivity index (χ3v) is 6.73. The molecule has 3 aromatic carbocycles. The number of ether oxygens (including phenoxy) is 2. The first-order valence-electron chi connectivity index (χ1n) is 11.7. The predicted octanol–water partition coefficient (Wildman–Crippen LogP) is 4.87. The van der Waals surface area contributed by atoms with Crippen LogP contribution in [-0.4, -0.2) is 28.4 Å². The number of carbonyl (C=O) groups excluding carboxylic acids is 3. The lowest BCUT2D eigenvalue weighted by atomic mass is 9.62. The van der Waals surface area contributed by atoms with Crippen molar-refractivity contribution in [2.75, 3.05) is 0 Å². The van der Waals surface area contributed by atoms with Gasteiger partial charge in [-0.2, -0.15) is 0 Å². The maximum atomic E-state index is 13.4. The molecule has 0 spiro atoms. The maximum absolute atomic E-state index is 13.4. The monoisotopic (exact) mass is 506 g/mol. The highest BCUT2D eigenvalue weighted by Crippen LogP contribution is 2.47. The summed E-state index contributed by atoms with van der Waals surface area (Å²) in [4.78, 5) is 39.9. The second-order valence-corrected chi connectivity index (χ2v) is 9.66. The smallest absolute Gasteiger partial charge is 0.317 e. The summed E-state index contributed by atoms with van der Waals surface area (Å²) in [5.41, 5.74) is 0.323. The Kier molecular flexibility index (Phi) is 7.87. The summed E-state index contributed by atoms with van der Waals surface area (Å²) in [5, 5.41) is 11.7. The molecule has 0 radical (unpaired) electrons. The number of halogens is 1. The molecule has 0 bridgehead atoms. The van der Waals surface area contributed by atoms with E-state index in [1.165, 1.54) is 6.92 Å². The Morgan fingerprint density at radius 2 is 1.36 bits per heavy atom. The van der Waals surface area contributed by atoms with Crippen molar-refractivity contribution in [3.05, 3.63) is 107 Å². The van der Waals surface area contributed by atoms with Crippen LogP contribution in [0.5, 0.6) is 0 Å². The van der Waals surface area contributed by atoms with E-state index in [-0.39, 0.29) is 19.6 Å². The second kappa shape index (κ2) is 11.1. The lowest BCUT2D eigenvalue weighted by Gasteiger charge is -2.43. The molecule has 0 amide bonds. The van der Waals surface area contributed by atoms with E-state index in [1.807, 2.05) is 48.5 Å². The number of Topliss-reactive ketones (excluding diaryl/α,β-unsaturated/α-hetero) is 1. The van der Waals surface area contributed by atoms with Crippen LogP contribution in [0, 0.1) is 11.8 Å². The van der Waals surface area contributed by atoms with E-state index in [0.29, 0.717) is 10.6 Å². The normalized spacial score (nSPS) is 23.6.